The quantitative estimate of drug-likeness (QED) is 0.0571. The number of halogens is 4. The van der Waals surface area contributed by atoms with Gasteiger partial charge in [0.2, 0.25) is 0 Å². The number of fused-ring (bicyclic) bond motifs is 10. The van der Waals surface area contributed by atoms with E-state index in [1.165, 1.54) is 0 Å². The van der Waals surface area contributed by atoms with Crippen LogP contribution in [0.1, 0.15) is 58.8 Å². The highest BCUT2D eigenvalue weighted by Crippen LogP contribution is 2.39. The van der Waals surface area contributed by atoms with E-state index in [-0.39, 0.29) is 77.8 Å². The van der Waals surface area contributed by atoms with Crippen LogP contribution in [0, 0.1) is 0 Å². The van der Waals surface area contributed by atoms with Crippen LogP contribution in [0.15, 0.2) is 159 Å². The molecule has 0 saturated heterocycles. The van der Waals surface area contributed by atoms with Crippen molar-refractivity contribution in [1.29, 1.82) is 0 Å². The molecule has 1 amide bonds. The van der Waals surface area contributed by atoms with Crippen LogP contribution in [0.2, 0.25) is 5.02 Å². The van der Waals surface area contributed by atoms with Gasteiger partial charge >= 0.3 is 0 Å². The van der Waals surface area contributed by atoms with Gasteiger partial charge in [-0.1, -0.05) is 36.6 Å². The maximum absolute atomic E-state index is 13.7. The zero-order valence-corrected chi connectivity index (χ0v) is 52.3. The smallest absolute Gasteiger partial charge is 0.251 e. The van der Waals surface area contributed by atoms with Crippen LogP contribution >= 0.6 is 11.6 Å². The number of unbranched alkanes of at least 4 members (excludes halogenated alkanes) is 3. The lowest BCUT2D eigenvalue weighted by Crippen LogP contribution is -3.00. The first-order valence-electron chi connectivity index (χ1n) is 26.4. The van der Waals surface area contributed by atoms with Crippen LogP contribution in [0.3, 0.4) is 0 Å². The van der Waals surface area contributed by atoms with Crippen molar-refractivity contribution in [3.8, 4) is 50.3 Å². The molecule has 0 spiro atoms. The number of ether oxygens (including phenoxy) is 1. The molecule has 0 atom stereocenters. The van der Waals surface area contributed by atoms with Gasteiger partial charge in [0.1, 0.15) is 26.9 Å². The highest BCUT2D eigenvalue weighted by molar-refractivity contribution is 6.31. The Balaban J connectivity index is 0.00000264. The van der Waals surface area contributed by atoms with E-state index in [2.05, 4.69) is 143 Å². The molecule has 2 aliphatic rings. The molecule has 7 aromatic heterocycles. The fourth-order valence-electron chi connectivity index (χ4n) is 10.5. The van der Waals surface area contributed by atoms with Gasteiger partial charge in [0.15, 0.2) is 37.2 Å². The summed E-state index contributed by atoms with van der Waals surface area (Å²) < 4.78 is 11.7. The van der Waals surface area contributed by atoms with E-state index in [1.54, 1.807) is 7.11 Å². The number of hydrogen-bond donors (Lipinski definition) is 4. The number of H-pyrrole nitrogens is 2. The largest absolute Gasteiger partial charge is 1.00 e. The molecule has 408 valence electrons. The zero-order chi connectivity index (χ0) is 53.3. The van der Waals surface area contributed by atoms with Gasteiger partial charge in [0.05, 0.1) is 46.6 Å². The number of pyridine rings is 4. The van der Waals surface area contributed by atoms with E-state index in [4.69, 9.17) is 31.3 Å². The fraction of sp³-hybridized carbons (Fsp3) is 0.154. The summed E-state index contributed by atoms with van der Waals surface area (Å²) in [5.41, 5.74) is 18.2. The molecule has 9 heterocycles. The highest BCUT2D eigenvalue weighted by Gasteiger charge is 2.21. The van der Waals surface area contributed by atoms with Crippen molar-refractivity contribution in [2.75, 3.05) is 25.5 Å². The average molecular weight is 1430 g/mol. The van der Waals surface area contributed by atoms with Gasteiger partial charge < -0.3 is 97.3 Å². The molecule has 16 heteroatoms. The minimum absolute atomic E-state index is 0. The summed E-state index contributed by atoms with van der Waals surface area (Å²) in [6, 6.07) is 41.0. The lowest BCUT2D eigenvalue weighted by molar-refractivity contribution is -0.671. The minimum Gasteiger partial charge on any atom is -1.00 e. The van der Waals surface area contributed by atoms with Crippen molar-refractivity contribution < 1.29 is 95.2 Å². The number of aromatic amines is 2. The van der Waals surface area contributed by atoms with Crippen molar-refractivity contribution in [2.45, 2.75) is 25.7 Å². The first-order valence-corrected chi connectivity index (χ1v) is 26.7. The maximum atomic E-state index is 13.7. The molecule has 0 fully saturated rings. The summed E-state index contributed by atoms with van der Waals surface area (Å²) in [5.74, 6) is 0.679. The van der Waals surface area contributed by atoms with Crippen LogP contribution in [0.4, 0.5) is 5.69 Å². The maximum Gasteiger partial charge on any atom is 0.251 e. The summed E-state index contributed by atoms with van der Waals surface area (Å²) in [7, 11) is 7.75. The second kappa shape index (κ2) is 25.8. The molecule has 2 aliphatic heterocycles. The van der Waals surface area contributed by atoms with E-state index in [0.717, 1.165) is 155 Å². The zero-order valence-electron chi connectivity index (χ0n) is 45.1. The summed E-state index contributed by atoms with van der Waals surface area (Å²) in [4.78, 5) is 37.1. The topological polar surface area (TPSA) is 132 Å². The van der Waals surface area contributed by atoms with Crippen LogP contribution in [0.5, 0.6) is 5.75 Å². The van der Waals surface area contributed by atoms with E-state index in [1.807, 2.05) is 95.5 Å². The minimum atomic E-state index is -0.103. The van der Waals surface area contributed by atoms with Crippen LogP contribution in [0.25, 0.3) is 113 Å². The average Bonchev–Trinajstić information content (AvgIpc) is 4.46. The highest BCUT2D eigenvalue weighted by atomic mass is 127. The summed E-state index contributed by atoms with van der Waals surface area (Å²) in [5, 5.41) is 9.55. The second-order valence-electron chi connectivity index (χ2n) is 20.0. The molecule has 0 saturated carbocycles. The number of carbonyl (C=O) groups excluding carboxylic acids is 1. The van der Waals surface area contributed by atoms with Gasteiger partial charge in [-0.05, 0) is 132 Å². The van der Waals surface area contributed by atoms with Crippen molar-refractivity contribution in [3.05, 3.63) is 192 Å². The van der Waals surface area contributed by atoms with Crippen molar-refractivity contribution in [1.82, 2.24) is 30.2 Å². The number of carbonyl (C=O) groups is 1. The van der Waals surface area contributed by atoms with E-state index in [9.17, 15) is 4.79 Å². The first-order chi connectivity index (χ1) is 38.1. The van der Waals surface area contributed by atoms with E-state index < -0.39 is 0 Å². The Morgan fingerprint density at radius 2 is 0.938 bits per heavy atom. The number of nitrogens with one attached hydrogen (secondary N) is 4. The Morgan fingerprint density at radius 3 is 1.40 bits per heavy atom. The van der Waals surface area contributed by atoms with Gasteiger partial charge in [-0.3, -0.25) is 4.79 Å². The molecule has 0 radical (unpaired) electrons. The number of benzene rings is 3. The number of hydrogen-bond acceptors (Lipinski definition) is 6. The third-order valence-corrected chi connectivity index (χ3v) is 14.9. The first kappa shape index (κ1) is 58.6. The Kier molecular flexibility index (Phi) is 18.7. The molecule has 12 nitrogen and oxygen atoms in total. The van der Waals surface area contributed by atoms with Crippen molar-refractivity contribution in [2.24, 2.45) is 21.1 Å². The molecule has 12 rings (SSSR count). The fourth-order valence-corrected chi connectivity index (χ4v) is 10.7. The number of rotatable bonds is 14. The monoisotopic (exact) mass is 1430 g/mol. The molecular formula is C65H58ClI3N10O2. The molecule has 4 N–H and O–H groups in total. The predicted octanol–water partition coefficient (Wildman–Crippen LogP) is 3.57. The lowest BCUT2D eigenvalue weighted by atomic mass is 10.0. The van der Waals surface area contributed by atoms with Crippen molar-refractivity contribution >= 4 is 91.4 Å². The second-order valence-corrected chi connectivity index (χ2v) is 20.4. The van der Waals surface area contributed by atoms with Gasteiger partial charge in [-0.25, -0.2) is 28.7 Å². The van der Waals surface area contributed by atoms with Crippen LogP contribution in [-0.4, -0.2) is 51.0 Å². The number of methoxy groups -OCH3 is 1. The normalized spacial score (nSPS) is 11.5. The van der Waals surface area contributed by atoms with Gasteiger partial charge in [-0.15, -0.1) is 0 Å². The Labute approximate surface area is 526 Å². The standard InChI is InChI=1S/C65H56ClN10O2.3HI/c1-74-33-25-42(26-34-74)61-53-19-17-51(70-53)60(41-9-11-45(12-10-41)65(77)68-32-8-6-5-7-31-67-64-48-15-13-46(66)39-59(48)69-50-16-14-47(78-4)40-49(50)64)52-18-20-54(71-52)62(43-27-35-75(2)36-28-43)56-22-24-58(73-56)63(57-23-21-55(61)72-57)44-29-37-76(3)38-30-44;;;/h9-30,33-40H,5-8,31-32H2,1-4H3,(H2-,67,68,69,70,71,72,73,77);3*1H/q+1;;;/p-1. The Bertz CT molecular complexity index is 4160. The van der Waals surface area contributed by atoms with Crippen molar-refractivity contribution in [3.63, 3.8) is 0 Å². The van der Waals surface area contributed by atoms with Gasteiger partial charge in [0, 0.05) is 115 Å². The number of nitrogens with zero attached hydrogens (tertiary/aromatic N) is 6. The lowest BCUT2D eigenvalue weighted by Gasteiger charge is -2.14. The molecule has 8 bridgehead atoms. The number of aryl methyl sites for hydroxylation is 3. The van der Waals surface area contributed by atoms with Crippen LogP contribution in [-0.2, 0) is 21.1 Å². The molecule has 10 aromatic rings. The molecule has 0 aliphatic carbocycles. The third kappa shape index (κ3) is 12.4. The predicted molar refractivity (Wildman–Crippen MR) is 314 cm³/mol. The summed E-state index contributed by atoms with van der Waals surface area (Å²) in [6.45, 7) is 1.38. The van der Waals surface area contributed by atoms with E-state index in [0.29, 0.717) is 17.1 Å². The summed E-state index contributed by atoms with van der Waals surface area (Å²) in [6.07, 6.45) is 24.7. The van der Waals surface area contributed by atoms with Gasteiger partial charge in [0.25, 0.3) is 5.91 Å². The third-order valence-electron chi connectivity index (χ3n) is 14.6. The number of anilines is 1. The molecule has 81 heavy (non-hydrogen) atoms. The molecule has 3 aromatic carbocycles. The summed E-state index contributed by atoms with van der Waals surface area (Å²) >= 11 is 6.35. The molecule has 0 unspecified atom stereocenters. The van der Waals surface area contributed by atoms with Gasteiger partial charge in [-0.2, -0.15) is 0 Å². The SMILES string of the molecule is COc1ccc2nc3cc(Cl)ccc3c(NCCCCCCNC(=O)c3ccc(-c4c5nc(c(-c6cc[n+](C)cc6)c6ccc([nH]6)c(-c6cc[n+](C)cc6)c6nc(c(-c7cc[n+](C)cc7)c7ccc4[nH]7)C=C6)C=C5)cc3)c2c1.[I-].[I-].[I-]. The van der Waals surface area contributed by atoms with E-state index >= 15 is 0 Å². The van der Waals surface area contributed by atoms with Crippen LogP contribution < -0.4 is 101 Å². The Morgan fingerprint density at radius 1 is 0.494 bits per heavy atom. The molecular weight excluding hydrogens is 1370 g/mol. The Hall–Kier alpha value is -7.07. The number of aromatic nitrogens is 8. The number of amides is 1.